The van der Waals surface area contributed by atoms with Crippen LogP contribution in [0.3, 0.4) is 0 Å². The van der Waals surface area contributed by atoms with Crippen molar-refractivity contribution in [2.45, 2.75) is 42.7 Å². The van der Waals surface area contributed by atoms with E-state index in [1.807, 2.05) is 60.7 Å². The highest BCUT2D eigenvalue weighted by atomic mass is 35.5. The zero-order valence-corrected chi connectivity index (χ0v) is 18.3. The van der Waals surface area contributed by atoms with Gasteiger partial charge in [0.15, 0.2) is 6.04 Å². The van der Waals surface area contributed by atoms with E-state index in [-0.39, 0.29) is 24.5 Å². The molecule has 158 valence electrons. The van der Waals surface area contributed by atoms with Crippen LogP contribution in [0.1, 0.15) is 24.5 Å². The third kappa shape index (κ3) is 3.72. The van der Waals surface area contributed by atoms with Gasteiger partial charge in [-0.1, -0.05) is 72.3 Å². The highest BCUT2D eigenvalue weighted by molar-refractivity contribution is 7.94. The molecule has 2 aliphatic rings. The molecule has 5 atom stereocenters. The van der Waals surface area contributed by atoms with Gasteiger partial charge in [-0.2, -0.15) is 0 Å². The summed E-state index contributed by atoms with van der Waals surface area (Å²) in [5.41, 5.74) is 1.90. The van der Waals surface area contributed by atoms with Gasteiger partial charge >= 0.3 is 5.97 Å². The fourth-order valence-electron chi connectivity index (χ4n) is 4.44. The van der Waals surface area contributed by atoms with E-state index in [1.54, 1.807) is 6.92 Å². The quantitative estimate of drug-likeness (QED) is 0.284. The zero-order chi connectivity index (χ0) is 21.3. The summed E-state index contributed by atoms with van der Waals surface area (Å²) in [6.45, 7) is 1.85. The number of alkyl halides is 1. The van der Waals surface area contributed by atoms with Crippen LogP contribution in [0.15, 0.2) is 60.7 Å². The van der Waals surface area contributed by atoms with Crippen molar-refractivity contribution in [1.82, 2.24) is 4.90 Å². The molecule has 2 saturated heterocycles. The average Bonchev–Trinajstić information content (AvgIpc) is 3.07. The summed E-state index contributed by atoms with van der Waals surface area (Å²) in [7, 11) is 0. The van der Waals surface area contributed by atoms with Crippen molar-refractivity contribution in [3.63, 3.8) is 0 Å². The van der Waals surface area contributed by atoms with Gasteiger partial charge in [-0.25, -0.2) is 4.79 Å². The van der Waals surface area contributed by atoms with Gasteiger partial charge < -0.3 is 14.2 Å². The van der Waals surface area contributed by atoms with E-state index < -0.39 is 27.4 Å². The summed E-state index contributed by atoms with van der Waals surface area (Å²) < 4.78 is 17.0. The van der Waals surface area contributed by atoms with Crippen molar-refractivity contribution in [3.8, 4) is 0 Å². The first kappa shape index (κ1) is 21.2. The van der Waals surface area contributed by atoms with Crippen molar-refractivity contribution < 1.29 is 18.9 Å². The number of hydrogen-bond acceptors (Lipinski definition) is 4. The van der Waals surface area contributed by atoms with Gasteiger partial charge in [-0.15, -0.1) is 0 Å². The Morgan fingerprint density at radius 3 is 2.37 bits per heavy atom. The highest BCUT2D eigenvalue weighted by Crippen LogP contribution is 2.52. The van der Waals surface area contributed by atoms with Gasteiger partial charge in [0.1, 0.15) is 12.4 Å². The molecule has 2 aliphatic heterocycles. The van der Waals surface area contributed by atoms with Crippen LogP contribution in [0.4, 0.5) is 0 Å². The Labute approximate surface area is 184 Å². The Morgan fingerprint density at radius 2 is 1.77 bits per heavy atom. The molecule has 5 unspecified atom stereocenters. The molecule has 2 fully saturated rings. The second kappa shape index (κ2) is 8.61. The Balaban J connectivity index is 1.53. The first-order chi connectivity index (χ1) is 14.5. The maximum atomic E-state index is 13.0. The lowest BCUT2D eigenvalue weighted by Crippen LogP contribution is -2.64. The lowest BCUT2D eigenvalue weighted by atomic mass is 9.83. The van der Waals surface area contributed by atoms with Crippen molar-refractivity contribution in [2.75, 3.05) is 5.75 Å². The van der Waals surface area contributed by atoms with Crippen LogP contribution in [-0.4, -0.2) is 43.4 Å². The smallest absolute Gasteiger partial charge is 0.336 e. The summed E-state index contributed by atoms with van der Waals surface area (Å²) in [6, 6.07) is 17.8. The minimum absolute atomic E-state index is 0.0854. The van der Waals surface area contributed by atoms with Crippen LogP contribution in [0.5, 0.6) is 0 Å². The third-order valence-corrected chi connectivity index (χ3v) is 8.50. The van der Waals surface area contributed by atoms with E-state index in [0.29, 0.717) is 18.6 Å². The van der Waals surface area contributed by atoms with Crippen LogP contribution in [-0.2, 0) is 38.5 Å². The maximum Gasteiger partial charge on any atom is 0.336 e. The number of benzene rings is 2. The molecule has 0 radical (unpaired) electrons. The number of rotatable bonds is 7. The summed E-state index contributed by atoms with van der Waals surface area (Å²) in [5, 5.41) is 0. The van der Waals surface area contributed by atoms with E-state index in [9.17, 15) is 14.1 Å². The number of nitrogens with zero attached hydrogens (tertiary/aromatic N) is 1. The molecule has 0 aromatic heterocycles. The van der Waals surface area contributed by atoms with Crippen LogP contribution in [0, 0.1) is 5.92 Å². The second-order valence-corrected chi connectivity index (χ2v) is 10.6. The van der Waals surface area contributed by atoms with Gasteiger partial charge in [0.05, 0.1) is 12.0 Å². The first-order valence-corrected chi connectivity index (χ1v) is 11.8. The molecule has 5 nitrogen and oxygen atoms in total. The van der Waals surface area contributed by atoms with Crippen molar-refractivity contribution in [1.29, 1.82) is 0 Å². The van der Waals surface area contributed by atoms with Gasteiger partial charge in [0, 0.05) is 6.42 Å². The SMILES string of the molecule is CC[S+]([O-])C1(Cl)CC2C(Cc3ccccc3)C(=O)N2C1C(=O)OCc1ccccc1. The topological polar surface area (TPSA) is 69.7 Å². The molecule has 0 N–H and O–H groups in total. The fourth-order valence-corrected chi connectivity index (χ4v) is 6.42. The second-order valence-electron chi connectivity index (χ2n) is 7.73. The summed E-state index contributed by atoms with van der Waals surface area (Å²) in [4.78, 5) is 27.5. The van der Waals surface area contributed by atoms with Crippen molar-refractivity contribution >= 4 is 34.7 Å². The number of esters is 1. The molecule has 30 heavy (non-hydrogen) atoms. The van der Waals surface area contributed by atoms with Crippen LogP contribution in [0.2, 0.25) is 0 Å². The minimum Gasteiger partial charge on any atom is -0.615 e. The monoisotopic (exact) mass is 445 g/mol. The standard InChI is InChI=1S/C23H24ClNO4S/c1-2-30(28)23(24)14-19-18(13-16-9-5-3-6-10-16)21(26)25(19)20(23)22(27)29-15-17-11-7-4-8-12-17/h3-12,18-20H,2,13-15H2,1H3. The number of amides is 1. The highest BCUT2D eigenvalue weighted by Gasteiger charge is 2.70. The number of carbonyl (C=O) groups excluding carboxylic acids is 2. The number of carbonyl (C=O) groups is 2. The van der Waals surface area contributed by atoms with Gasteiger partial charge in [-0.05, 0) is 35.6 Å². The summed E-state index contributed by atoms with van der Waals surface area (Å²) in [5.74, 6) is -0.665. The molecule has 1 amide bonds. The van der Waals surface area contributed by atoms with E-state index >= 15 is 0 Å². The normalized spacial score (nSPS) is 28.6. The maximum absolute atomic E-state index is 13.0. The molecule has 0 spiro atoms. The molecule has 7 heteroatoms. The number of β-lactam (4-membered cyclic amide) rings is 1. The van der Waals surface area contributed by atoms with E-state index in [4.69, 9.17) is 16.3 Å². The molecule has 4 rings (SSSR count). The van der Waals surface area contributed by atoms with Crippen LogP contribution < -0.4 is 0 Å². The van der Waals surface area contributed by atoms with Gasteiger partial charge in [0.25, 0.3) is 0 Å². The van der Waals surface area contributed by atoms with Crippen LogP contribution >= 0.6 is 11.6 Å². The molecule has 2 heterocycles. The third-order valence-electron chi connectivity index (χ3n) is 5.95. The van der Waals surface area contributed by atoms with Gasteiger partial charge in [0.2, 0.25) is 10.1 Å². The first-order valence-electron chi connectivity index (χ1n) is 10.1. The number of halogens is 1. The molecule has 0 saturated carbocycles. The Kier molecular flexibility index (Phi) is 6.09. The van der Waals surface area contributed by atoms with E-state index in [1.165, 1.54) is 4.90 Å². The molecule has 2 aromatic carbocycles. The van der Waals surface area contributed by atoms with Crippen molar-refractivity contribution in [2.24, 2.45) is 5.92 Å². The lowest BCUT2D eigenvalue weighted by Gasteiger charge is -2.44. The van der Waals surface area contributed by atoms with Crippen molar-refractivity contribution in [3.05, 3.63) is 71.8 Å². The number of ether oxygens (including phenoxy) is 1. The largest absolute Gasteiger partial charge is 0.615 e. The Bertz CT molecular complexity index is 912. The molecule has 2 aromatic rings. The Morgan fingerprint density at radius 1 is 1.17 bits per heavy atom. The predicted octanol–water partition coefficient (Wildman–Crippen LogP) is 3.28. The average molecular weight is 446 g/mol. The minimum atomic E-state index is -1.47. The fraction of sp³-hybridized carbons (Fsp3) is 0.391. The summed E-state index contributed by atoms with van der Waals surface area (Å²) >= 11 is 5.36. The predicted molar refractivity (Wildman–Crippen MR) is 116 cm³/mol. The Hall–Kier alpha value is -2.02. The van der Waals surface area contributed by atoms with E-state index in [0.717, 1.165) is 11.1 Å². The van der Waals surface area contributed by atoms with Crippen LogP contribution in [0.25, 0.3) is 0 Å². The molecular weight excluding hydrogens is 422 g/mol. The van der Waals surface area contributed by atoms with E-state index in [2.05, 4.69) is 0 Å². The zero-order valence-electron chi connectivity index (χ0n) is 16.7. The summed E-state index contributed by atoms with van der Waals surface area (Å²) in [6.07, 6.45) is 0.904. The molecular formula is C23H24ClNO4S. The number of fused-ring (bicyclic) bond motifs is 1. The molecule has 0 aliphatic carbocycles. The lowest BCUT2D eigenvalue weighted by molar-refractivity contribution is -0.167. The molecule has 0 bridgehead atoms. The van der Waals surface area contributed by atoms with Gasteiger partial charge in [-0.3, -0.25) is 4.79 Å². The number of hydrogen-bond donors (Lipinski definition) is 0.